The Bertz CT molecular complexity index is 861. The lowest BCUT2D eigenvalue weighted by Crippen LogP contribution is -2.34. The fourth-order valence-electron chi connectivity index (χ4n) is 2.49. The van der Waals surface area contributed by atoms with Gasteiger partial charge in [-0.1, -0.05) is 17.7 Å². The van der Waals surface area contributed by atoms with Gasteiger partial charge < -0.3 is 10.1 Å². The molecule has 0 aliphatic carbocycles. The van der Waals surface area contributed by atoms with Crippen molar-refractivity contribution in [2.45, 2.75) is 24.7 Å². The number of sulfonamides is 1. The van der Waals surface area contributed by atoms with Gasteiger partial charge in [-0.15, -0.1) is 0 Å². The van der Waals surface area contributed by atoms with Crippen molar-refractivity contribution in [3.63, 3.8) is 0 Å². The topological polar surface area (TPSA) is 84.5 Å². The minimum Gasteiger partial charge on any atom is -0.493 e. The lowest BCUT2D eigenvalue weighted by molar-refractivity contribution is 0.256. The molecule has 2 amide bonds. The van der Waals surface area contributed by atoms with Gasteiger partial charge >= 0.3 is 6.03 Å². The number of rotatable bonds is 3. The van der Waals surface area contributed by atoms with Crippen LogP contribution in [0.1, 0.15) is 17.5 Å². The number of aryl methyl sites for hydroxylation is 2. The molecule has 1 heterocycles. The molecule has 0 saturated heterocycles. The zero-order valence-corrected chi connectivity index (χ0v) is 14.0. The summed E-state index contributed by atoms with van der Waals surface area (Å²) in [5, 5.41) is 2.54. The monoisotopic (exact) mass is 346 g/mol. The smallest absolute Gasteiger partial charge is 0.333 e. The fraction of sp³-hybridized carbons (Fsp3) is 0.235. The first-order valence-corrected chi connectivity index (χ1v) is 9.08. The van der Waals surface area contributed by atoms with Crippen molar-refractivity contribution in [1.29, 1.82) is 0 Å². The number of hydrogen-bond acceptors (Lipinski definition) is 4. The molecule has 126 valence electrons. The van der Waals surface area contributed by atoms with Gasteiger partial charge in [0, 0.05) is 5.69 Å². The molecule has 0 spiro atoms. The summed E-state index contributed by atoms with van der Waals surface area (Å²) in [7, 11) is -3.90. The van der Waals surface area contributed by atoms with Crippen LogP contribution in [0.4, 0.5) is 10.5 Å². The van der Waals surface area contributed by atoms with E-state index in [1.165, 1.54) is 12.1 Å². The van der Waals surface area contributed by atoms with Crippen LogP contribution in [0.2, 0.25) is 0 Å². The van der Waals surface area contributed by atoms with E-state index in [0.717, 1.165) is 29.7 Å². The second-order valence-electron chi connectivity index (χ2n) is 5.65. The van der Waals surface area contributed by atoms with Gasteiger partial charge in [0.15, 0.2) is 0 Å². The molecule has 1 aliphatic rings. The van der Waals surface area contributed by atoms with Crippen LogP contribution in [-0.4, -0.2) is 21.1 Å². The number of amides is 2. The molecule has 24 heavy (non-hydrogen) atoms. The van der Waals surface area contributed by atoms with E-state index in [2.05, 4.69) is 5.32 Å². The molecule has 7 heteroatoms. The van der Waals surface area contributed by atoms with Crippen LogP contribution < -0.4 is 14.8 Å². The molecule has 0 saturated carbocycles. The van der Waals surface area contributed by atoms with E-state index in [-0.39, 0.29) is 4.90 Å². The van der Waals surface area contributed by atoms with Gasteiger partial charge in [0.05, 0.1) is 11.5 Å². The predicted molar refractivity (Wildman–Crippen MR) is 90.8 cm³/mol. The highest BCUT2D eigenvalue weighted by Gasteiger charge is 2.18. The summed E-state index contributed by atoms with van der Waals surface area (Å²) in [4.78, 5) is 12.0. The Morgan fingerprint density at radius 2 is 1.88 bits per heavy atom. The number of carbonyl (C=O) groups is 1. The van der Waals surface area contributed by atoms with Gasteiger partial charge in [-0.3, -0.25) is 0 Å². The number of ether oxygens (including phenoxy) is 1. The van der Waals surface area contributed by atoms with Crippen molar-refractivity contribution in [2.24, 2.45) is 0 Å². The molecule has 2 N–H and O–H groups in total. The molecule has 1 aliphatic heterocycles. The van der Waals surface area contributed by atoms with Crippen LogP contribution in [0.5, 0.6) is 5.75 Å². The molecular weight excluding hydrogens is 328 g/mol. The number of fused-ring (bicyclic) bond motifs is 1. The third kappa shape index (κ3) is 3.68. The summed E-state index contributed by atoms with van der Waals surface area (Å²) in [5.41, 5.74) is 2.46. The van der Waals surface area contributed by atoms with Gasteiger partial charge in [-0.25, -0.2) is 17.9 Å². The maximum absolute atomic E-state index is 12.2. The maximum atomic E-state index is 12.2. The van der Waals surface area contributed by atoms with E-state index < -0.39 is 16.1 Å². The first kappa shape index (κ1) is 16.3. The molecule has 6 nitrogen and oxygen atoms in total. The summed E-state index contributed by atoms with van der Waals surface area (Å²) >= 11 is 0. The highest BCUT2D eigenvalue weighted by molar-refractivity contribution is 7.90. The van der Waals surface area contributed by atoms with Crippen molar-refractivity contribution in [2.75, 3.05) is 11.9 Å². The highest BCUT2D eigenvalue weighted by Crippen LogP contribution is 2.27. The summed E-state index contributed by atoms with van der Waals surface area (Å²) in [6, 6.07) is 10.7. The van der Waals surface area contributed by atoms with Gasteiger partial charge in [-0.05, 0) is 55.7 Å². The molecular formula is C17H18N2O4S. The van der Waals surface area contributed by atoms with Gasteiger partial charge in [0.1, 0.15) is 5.75 Å². The number of anilines is 1. The van der Waals surface area contributed by atoms with E-state index in [1.54, 1.807) is 30.3 Å². The fourth-order valence-corrected chi connectivity index (χ4v) is 3.40. The SMILES string of the molecule is Cc1ccc(S(=O)(=O)NC(=O)Nc2ccc3c(c2)CCCO3)cc1. The molecule has 0 bridgehead atoms. The Morgan fingerprint density at radius 3 is 2.62 bits per heavy atom. The zero-order chi connectivity index (χ0) is 17.2. The van der Waals surface area contributed by atoms with E-state index in [4.69, 9.17) is 4.74 Å². The number of carbonyl (C=O) groups excluding carboxylic acids is 1. The standard InChI is InChI=1S/C17H18N2O4S/c1-12-4-7-15(8-5-12)24(21,22)19-17(20)18-14-6-9-16-13(11-14)3-2-10-23-16/h4-9,11H,2-3,10H2,1H3,(H2,18,19,20). The van der Waals surface area contributed by atoms with Crippen LogP contribution in [0.25, 0.3) is 0 Å². The number of urea groups is 1. The highest BCUT2D eigenvalue weighted by atomic mass is 32.2. The van der Waals surface area contributed by atoms with E-state index in [9.17, 15) is 13.2 Å². The van der Waals surface area contributed by atoms with Crippen molar-refractivity contribution >= 4 is 21.7 Å². The molecule has 2 aromatic rings. The van der Waals surface area contributed by atoms with Crippen molar-refractivity contribution in [3.8, 4) is 5.75 Å². The van der Waals surface area contributed by atoms with E-state index >= 15 is 0 Å². The van der Waals surface area contributed by atoms with Crippen LogP contribution in [0.3, 0.4) is 0 Å². The van der Waals surface area contributed by atoms with Gasteiger partial charge in [0.25, 0.3) is 10.0 Å². The lowest BCUT2D eigenvalue weighted by atomic mass is 10.1. The molecule has 3 rings (SSSR count). The third-order valence-electron chi connectivity index (χ3n) is 3.72. The van der Waals surface area contributed by atoms with Crippen molar-refractivity contribution < 1.29 is 17.9 Å². The average molecular weight is 346 g/mol. The largest absolute Gasteiger partial charge is 0.493 e. The van der Waals surface area contributed by atoms with Gasteiger partial charge in [-0.2, -0.15) is 0 Å². The number of hydrogen-bond donors (Lipinski definition) is 2. The summed E-state index contributed by atoms with van der Waals surface area (Å²) in [6.45, 7) is 2.55. The zero-order valence-electron chi connectivity index (χ0n) is 13.2. The Balaban J connectivity index is 1.70. The Kier molecular flexibility index (Phi) is 4.44. The third-order valence-corrected chi connectivity index (χ3v) is 5.07. The molecule has 0 unspecified atom stereocenters. The maximum Gasteiger partial charge on any atom is 0.333 e. The molecule has 0 radical (unpaired) electrons. The van der Waals surface area contributed by atoms with Crippen LogP contribution in [0, 0.1) is 6.92 Å². The van der Waals surface area contributed by atoms with E-state index in [0.29, 0.717) is 12.3 Å². The Labute approximate surface area is 140 Å². The number of benzene rings is 2. The minimum atomic E-state index is -3.90. The second-order valence-corrected chi connectivity index (χ2v) is 7.33. The Morgan fingerprint density at radius 1 is 1.12 bits per heavy atom. The molecule has 2 aromatic carbocycles. The lowest BCUT2D eigenvalue weighted by Gasteiger charge is -2.18. The first-order valence-electron chi connectivity index (χ1n) is 7.60. The average Bonchev–Trinajstić information content (AvgIpc) is 2.54. The molecule has 0 atom stereocenters. The predicted octanol–water partition coefficient (Wildman–Crippen LogP) is 2.83. The van der Waals surface area contributed by atoms with Crippen molar-refractivity contribution in [3.05, 3.63) is 53.6 Å². The normalized spacial score (nSPS) is 13.5. The van der Waals surface area contributed by atoms with Crippen molar-refractivity contribution in [1.82, 2.24) is 4.72 Å². The quantitative estimate of drug-likeness (QED) is 0.895. The van der Waals surface area contributed by atoms with Crippen LogP contribution >= 0.6 is 0 Å². The van der Waals surface area contributed by atoms with E-state index in [1.807, 2.05) is 11.6 Å². The molecule has 0 fully saturated rings. The minimum absolute atomic E-state index is 0.0436. The number of nitrogens with one attached hydrogen (secondary N) is 2. The van der Waals surface area contributed by atoms with Gasteiger partial charge in [0.2, 0.25) is 0 Å². The van der Waals surface area contributed by atoms with Crippen LogP contribution in [0.15, 0.2) is 47.4 Å². The Hall–Kier alpha value is -2.54. The van der Waals surface area contributed by atoms with Crippen LogP contribution in [-0.2, 0) is 16.4 Å². The first-order chi connectivity index (χ1) is 11.4. The summed E-state index contributed by atoms with van der Waals surface area (Å²) in [6.07, 6.45) is 1.79. The second kappa shape index (κ2) is 6.52. The summed E-state index contributed by atoms with van der Waals surface area (Å²) < 4.78 is 31.9. The molecule has 0 aromatic heterocycles. The summed E-state index contributed by atoms with van der Waals surface area (Å²) in [5.74, 6) is 0.805.